The van der Waals surface area contributed by atoms with Crippen molar-refractivity contribution in [3.63, 3.8) is 0 Å². The second kappa shape index (κ2) is 5.71. The molecular formula is C16H32N2O. The molecule has 4 unspecified atom stereocenters. The van der Waals surface area contributed by atoms with Crippen molar-refractivity contribution in [2.75, 3.05) is 20.1 Å². The lowest BCUT2D eigenvalue weighted by Gasteiger charge is -2.55. The average molecular weight is 268 g/mol. The molecule has 0 aromatic heterocycles. The molecule has 0 spiro atoms. The van der Waals surface area contributed by atoms with Crippen LogP contribution in [0.25, 0.3) is 0 Å². The molecule has 3 N–H and O–H groups in total. The largest absolute Gasteiger partial charge is 0.389 e. The van der Waals surface area contributed by atoms with Gasteiger partial charge in [-0.1, -0.05) is 26.2 Å². The number of likely N-dealkylation sites (tertiary alicyclic amines) is 1. The van der Waals surface area contributed by atoms with Gasteiger partial charge in [0.2, 0.25) is 0 Å². The van der Waals surface area contributed by atoms with Crippen molar-refractivity contribution in [2.24, 2.45) is 17.1 Å². The first-order chi connectivity index (χ1) is 8.96. The van der Waals surface area contributed by atoms with E-state index in [-0.39, 0.29) is 5.41 Å². The predicted molar refractivity (Wildman–Crippen MR) is 80.0 cm³/mol. The molecule has 1 saturated carbocycles. The summed E-state index contributed by atoms with van der Waals surface area (Å²) in [6, 6.07) is 0.462. The number of hydrogen-bond acceptors (Lipinski definition) is 3. The van der Waals surface area contributed by atoms with E-state index in [9.17, 15) is 5.11 Å². The Bertz CT molecular complexity index is 309. The summed E-state index contributed by atoms with van der Waals surface area (Å²) in [5, 5.41) is 11.3. The smallest absolute Gasteiger partial charge is 0.0742 e. The van der Waals surface area contributed by atoms with Crippen molar-refractivity contribution in [3.8, 4) is 0 Å². The molecule has 2 fully saturated rings. The van der Waals surface area contributed by atoms with Crippen LogP contribution in [0.4, 0.5) is 0 Å². The van der Waals surface area contributed by atoms with Crippen molar-refractivity contribution in [1.82, 2.24) is 4.90 Å². The van der Waals surface area contributed by atoms with E-state index in [1.807, 2.05) is 0 Å². The van der Waals surface area contributed by atoms with Crippen LogP contribution in [0.2, 0.25) is 0 Å². The van der Waals surface area contributed by atoms with Crippen LogP contribution >= 0.6 is 0 Å². The maximum absolute atomic E-state index is 11.3. The van der Waals surface area contributed by atoms with Crippen LogP contribution in [0.1, 0.15) is 58.8 Å². The molecule has 3 nitrogen and oxygen atoms in total. The van der Waals surface area contributed by atoms with Crippen LogP contribution < -0.4 is 5.73 Å². The molecule has 2 rings (SSSR count). The molecule has 1 aliphatic carbocycles. The fourth-order valence-corrected chi connectivity index (χ4v) is 4.44. The number of hydrogen-bond donors (Lipinski definition) is 2. The van der Waals surface area contributed by atoms with Gasteiger partial charge in [-0.3, -0.25) is 0 Å². The molecule has 0 radical (unpaired) electrons. The van der Waals surface area contributed by atoms with E-state index >= 15 is 0 Å². The van der Waals surface area contributed by atoms with Gasteiger partial charge in [-0.2, -0.15) is 0 Å². The van der Waals surface area contributed by atoms with Gasteiger partial charge in [0.1, 0.15) is 0 Å². The zero-order valence-electron chi connectivity index (χ0n) is 13.0. The third-order valence-electron chi connectivity index (χ3n) is 6.17. The molecule has 1 saturated heterocycles. The Hall–Kier alpha value is -0.120. The standard InChI is InChI=1S/C16H32N2O/c1-4-14-6-5-7-15(11-14,12-17)16(19)8-9-18(3)13(2)10-16/h13-14,19H,4-12,17H2,1-3H3. The van der Waals surface area contributed by atoms with Crippen LogP contribution in [0.5, 0.6) is 0 Å². The first-order valence-corrected chi connectivity index (χ1v) is 8.09. The lowest BCUT2D eigenvalue weighted by atomic mass is 9.57. The highest BCUT2D eigenvalue weighted by Gasteiger charge is 2.53. The molecule has 0 amide bonds. The second-order valence-corrected chi connectivity index (χ2v) is 7.17. The zero-order valence-corrected chi connectivity index (χ0v) is 13.0. The topological polar surface area (TPSA) is 49.5 Å². The third-order valence-corrected chi connectivity index (χ3v) is 6.17. The quantitative estimate of drug-likeness (QED) is 0.826. The maximum atomic E-state index is 11.3. The van der Waals surface area contributed by atoms with Crippen molar-refractivity contribution in [3.05, 3.63) is 0 Å². The fourth-order valence-electron chi connectivity index (χ4n) is 4.44. The highest BCUT2D eigenvalue weighted by atomic mass is 16.3. The van der Waals surface area contributed by atoms with E-state index in [2.05, 4.69) is 25.8 Å². The Morgan fingerprint density at radius 3 is 2.63 bits per heavy atom. The number of nitrogens with zero attached hydrogens (tertiary/aromatic N) is 1. The molecule has 0 aromatic carbocycles. The third kappa shape index (κ3) is 2.70. The number of piperidine rings is 1. The highest BCUT2D eigenvalue weighted by molar-refractivity contribution is 5.05. The fraction of sp³-hybridized carbons (Fsp3) is 1.00. The Morgan fingerprint density at radius 1 is 1.32 bits per heavy atom. The van der Waals surface area contributed by atoms with Crippen LogP contribution in [0.3, 0.4) is 0 Å². The summed E-state index contributed by atoms with van der Waals surface area (Å²) in [6.07, 6.45) is 7.82. The monoisotopic (exact) mass is 268 g/mol. The number of aliphatic hydroxyl groups is 1. The summed E-state index contributed by atoms with van der Waals surface area (Å²) in [6.45, 7) is 6.15. The molecule has 112 valence electrons. The summed E-state index contributed by atoms with van der Waals surface area (Å²) >= 11 is 0. The van der Waals surface area contributed by atoms with Gasteiger partial charge in [-0.15, -0.1) is 0 Å². The van der Waals surface area contributed by atoms with Crippen molar-refractivity contribution >= 4 is 0 Å². The molecule has 0 aromatic rings. The molecular weight excluding hydrogens is 236 g/mol. The molecule has 3 heteroatoms. The summed E-state index contributed by atoms with van der Waals surface area (Å²) < 4.78 is 0. The lowest BCUT2D eigenvalue weighted by molar-refractivity contribution is -0.147. The summed E-state index contributed by atoms with van der Waals surface area (Å²) in [5.74, 6) is 0.760. The van der Waals surface area contributed by atoms with E-state index < -0.39 is 5.60 Å². The molecule has 2 aliphatic rings. The van der Waals surface area contributed by atoms with E-state index in [0.717, 1.165) is 38.1 Å². The van der Waals surface area contributed by atoms with Gasteiger partial charge in [0, 0.05) is 24.5 Å². The van der Waals surface area contributed by atoms with Crippen LogP contribution in [-0.4, -0.2) is 41.8 Å². The van der Waals surface area contributed by atoms with Gasteiger partial charge >= 0.3 is 0 Å². The Kier molecular flexibility index (Phi) is 4.59. The van der Waals surface area contributed by atoms with Gasteiger partial charge in [0.15, 0.2) is 0 Å². The van der Waals surface area contributed by atoms with Gasteiger partial charge in [0.05, 0.1) is 5.60 Å². The average Bonchev–Trinajstić information content (AvgIpc) is 2.43. The zero-order chi connectivity index (χ0) is 14.1. The van der Waals surface area contributed by atoms with E-state index in [0.29, 0.717) is 12.6 Å². The lowest BCUT2D eigenvalue weighted by Crippen LogP contribution is -2.60. The molecule has 1 aliphatic heterocycles. The first-order valence-electron chi connectivity index (χ1n) is 8.09. The van der Waals surface area contributed by atoms with Crippen LogP contribution in [0.15, 0.2) is 0 Å². The summed E-state index contributed by atoms with van der Waals surface area (Å²) in [7, 11) is 2.16. The minimum Gasteiger partial charge on any atom is -0.389 e. The van der Waals surface area contributed by atoms with Crippen molar-refractivity contribution in [2.45, 2.75) is 70.4 Å². The maximum Gasteiger partial charge on any atom is 0.0742 e. The number of rotatable bonds is 3. The molecule has 4 atom stereocenters. The molecule has 1 heterocycles. The van der Waals surface area contributed by atoms with Crippen molar-refractivity contribution in [1.29, 1.82) is 0 Å². The van der Waals surface area contributed by atoms with Crippen LogP contribution in [0, 0.1) is 11.3 Å². The Balaban J connectivity index is 2.19. The Morgan fingerprint density at radius 2 is 2.05 bits per heavy atom. The van der Waals surface area contributed by atoms with E-state index in [4.69, 9.17) is 5.73 Å². The summed E-state index contributed by atoms with van der Waals surface area (Å²) in [4.78, 5) is 2.36. The highest BCUT2D eigenvalue weighted by Crippen LogP contribution is 2.51. The minimum absolute atomic E-state index is 0.0263. The van der Waals surface area contributed by atoms with Gasteiger partial charge in [0.25, 0.3) is 0 Å². The normalized spacial score (nSPS) is 45.3. The molecule has 19 heavy (non-hydrogen) atoms. The van der Waals surface area contributed by atoms with Gasteiger partial charge in [-0.05, 0) is 45.6 Å². The van der Waals surface area contributed by atoms with Gasteiger partial charge in [-0.25, -0.2) is 0 Å². The first kappa shape index (κ1) is 15.3. The minimum atomic E-state index is -0.540. The molecule has 0 bridgehead atoms. The van der Waals surface area contributed by atoms with Crippen LogP contribution in [-0.2, 0) is 0 Å². The SMILES string of the molecule is CCC1CCCC(CN)(C2(O)CCN(C)C(C)C2)C1. The second-order valence-electron chi connectivity index (χ2n) is 7.17. The van der Waals surface area contributed by atoms with Crippen molar-refractivity contribution < 1.29 is 5.11 Å². The van der Waals surface area contributed by atoms with E-state index in [1.165, 1.54) is 19.3 Å². The predicted octanol–water partition coefficient (Wildman–Crippen LogP) is 2.38. The van der Waals surface area contributed by atoms with E-state index in [1.54, 1.807) is 0 Å². The Labute approximate surface area is 118 Å². The number of nitrogens with two attached hydrogens (primary N) is 1. The van der Waals surface area contributed by atoms with Gasteiger partial charge < -0.3 is 15.7 Å². The summed E-state index contributed by atoms with van der Waals surface area (Å²) in [5.41, 5.74) is 5.61.